The van der Waals surface area contributed by atoms with Gasteiger partial charge in [0.25, 0.3) is 0 Å². The molecule has 0 unspecified atom stereocenters. The van der Waals surface area contributed by atoms with Crippen LogP contribution in [0.3, 0.4) is 0 Å². The van der Waals surface area contributed by atoms with E-state index in [0.29, 0.717) is 21.3 Å². The van der Waals surface area contributed by atoms with Gasteiger partial charge in [0.2, 0.25) is 0 Å². The quantitative estimate of drug-likeness (QED) is 0.692. The Bertz CT molecular complexity index is 565. The maximum Gasteiger partial charge on any atom is 0.168 e. The lowest BCUT2D eigenvalue weighted by atomic mass is 10.1. The van der Waals surface area contributed by atoms with E-state index in [9.17, 15) is 4.79 Å². The second-order valence-electron chi connectivity index (χ2n) is 3.43. The van der Waals surface area contributed by atoms with Crippen molar-refractivity contribution in [2.24, 2.45) is 0 Å². The van der Waals surface area contributed by atoms with Gasteiger partial charge < -0.3 is 0 Å². The molecule has 1 heterocycles. The van der Waals surface area contributed by atoms with E-state index in [1.165, 1.54) is 11.3 Å². The third kappa shape index (κ3) is 3.32. The fourth-order valence-corrected chi connectivity index (χ4v) is 2.96. The number of carbonyl (C=O) groups excluding carboxylic acids is 1. The van der Waals surface area contributed by atoms with Gasteiger partial charge in [-0.25, -0.2) is 0 Å². The Morgan fingerprint density at radius 2 is 2.00 bits per heavy atom. The first-order chi connectivity index (χ1) is 8.06. The van der Waals surface area contributed by atoms with Gasteiger partial charge in [-0.15, -0.1) is 11.3 Å². The molecule has 0 saturated carbocycles. The number of hydrogen-bond acceptors (Lipinski definition) is 2. The summed E-state index contributed by atoms with van der Waals surface area (Å²) >= 11 is 16.4. The maximum absolute atomic E-state index is 12.0. The Hall–Kier alpha value is -0.350. The van der Waals surface area contributed by atoms with Crippen LogP contribution in [0.4, 0.5) is 0 Å². The zero-order valence-corrected chi connectivity index (χ0v) is 12.5. The minimum Gasteiger partial charge on any atom is -0.294 e. The summed E-state index contributed by atoms with van der Waals surface area (Å²) in [6.45, 7) is 0. The molecular weight excluding hydrogens is 343 g/mol. The average molecular weight is 350 g/mol. The highest BCUT2D eigenvalue weighted by molar-refractivity contribution is 9.10. The van der Waals surface area contributed by atoms with Crippen molar-refractivity contribution in [3.05, 3.63) is 54.6 Å². The fourth-order valence-electron chi connectivity index (χ4n) is 1.38. The summed E-state index contributed by atoms with van der Waals surface area (Å²) in [5, 5.41) is 0.598. The van der Waals surface area contributed by atoms with Crippen molar-refractivity contribution in [1.82, 2.24) is 0 Å². The number of carbonyl (C=O) groups is 1. The van der Waals surface area contributed by atoms with Crippen LogP contribution in [0.1, 0.15) is 15.2 Å². The number of benzene rings is 1. The largest absolute Gasteiger partial charge is 0.294 e. The van der Waals surface area contributed by atoms with Crippen molar-refractivity contribution in [3.8, 4) is 0 Å². The molecule has 1 aromatic carbocycles. The van der Waals surface area contributed by atoms with Crippen molar-refractivity contribution in [1.29, 1.82) is 0 Å². The van der Waals surface area contributed by atoms with Gasteiger partial charge in [-0.3, -0.25) is 4.79 Å². The summed E-state index contributed by atoms with van der Waals surface area (Å²) in [6, 6.07) is 8.84. The van der Waals surface area contributed by atoms with E-state index in [1.807, 2.05) is 6.07 Å². The lowest BCUT2D eigenvalue weighted by molar-refractivity contribution is 0.0994. The van der Waals surface area contributed by atoms with Crippen LogP contribution in [0.2, 0.25) is 9.36 Å². The summed E-state index contributed by atoms with van der Waals surface area (Å²) in [5.74, 6) is 0.0564. The van der Waals surface area contributed by atoms with Gasteiger partial charge in [0.05, 0.1) is 9.36 Å². The van der Waals surface area contributed by atoms with Gasteiger partial charge in [0.1, 0.15) is 0 Å². The molecule has 0 aliphatic heterocycles. The monoisotopic (exact) mass is 348 g/mol. The molecule has 0 saturated heterocycles. The van der Waals surface area contributed by atoms with Crippen LogP contribution in [0.5, 0.6) is 0 Å². The highest BCUT2D eigenvalue weighted by atomic mass is 79.9. The second kappa shape index (κ2) is 5.53. The third-order valence-corrected chi connectivity index (χ3v) is 4.65. The van der Waals surface area contributed by atoms with E-state index in [0.717, 1.165) is 9.35 Å². The molecule has 2 aromatic rings. The summed E-state index contributed by atoms with van der Waals surface area (Å²) in [7, 11) is 0. The van der Waals surface area contributed by atoms with Gasteiger partial charge in [-0.05, 0) is 46.3 Å². The van der Waals surface area contributed by atoms with E-state index in [-0.39, 0.29) is 5.78 Å². The topological polar surface area (TPSA) is 17.1 Å². The summed E-state index contributed by atoms with van der Waals surface area (Å²) in [6.07, 6.45) is 0.367. The number of thiophene rings is 1. The predicted molar refractivity (Wildman–Crippen MR) is 76.5 cm³/mol. The molecule has 0 atom stereocenters. The van der Waals surface area contributed by atoms with Crippen LogP contribution in [-0.2, 0) is 6.42 Å². The summed E-state index contributed by atoms with van der Waals surface area (Å²) in [4.78, 5) is 13.0. The van der Waals surface area contributed by atoms with Gasteiger partial charge in [-0.1, -0.05) is 23.2 Å². The van der Waals surface area contributed by atoms with Gasteiger partial charge in [-0.2, -0.15) is 0 Å². The van der Waals surface area contributed by atoms with E-state index in [1.54, 1.807) is 24.3 Å². The molecule has 17 heavy (non-hydrogen) atoms. The van der Waals surface area contributed by atoms with E-state index < -0.39 is 0 Å². The Balaban J connectivity index is 2.17. The minimum absolute atomic E-state index is 0.0564. The van der Waals surface area contributed by atoms with E-state index in [4.69, 9.17) is 23.2 Å². The first-order valence-corrected chi connectivity index (χ1v) is 7.15. The number of halogens is 3. The lowest BCUT2D eigenvalue weighted by Crippen LogP contribution is -2.02. The zero-order valence-electron chi connectivity index (χ0n) is 8.54. The van der Waals surface area contributed by atoms with Crippen LogP contribution >= 0.6 is 50.5 Å². The zero-order chi connectivity index (χ0) is 12.4. The van der Waals surface area contributed by atoms with Crippen LogP contribution in [0, 0.1) is 0 Å². The van der Waals surface area contributed by atoms with Gasteiger partial charge in [0, 0.05) is 21.3 Å². The summed E-state index contributed by atoms with van der Waals surface area (Å²) in [5.41, 5.74) is 0.644. The molecular formula is C12H7BrCl2OS. The molecule has 1 aromatic heterocycles. The second-order valence-corrected chi connectivity index (χ2v) is 6.50. The number of hydrogen-bond donors (Lipinski definition) is 0. The normalized spacial score (nSPS) is 10.5. The highest BCUT2D eigenvalue weighted by Crippen LogP contribution is 2.26. The number of Topliss-reactive ketones (excluding diaryl/α,β-unsaturated/α-hetero) is 1. The molecule has 5 heteroatoms. The first-order valence-electron chi connectivity index (χ1n) is 4.79. The molecule has 0 N–H and O–H groups in total. The van der Waals surface area contributed by atoms with Gasteiger partial charge >= 0.3 is 0 Å². The van der Waals surface area contributed by atoms with E-state index in [2.05, 4.69) is 15.9 Å². The number of ketones is 1. The highest BCUT2D eigenvalue weighted by Gasteiger charge is 2.10. The molecule has 0 spiro atoms. The molecule has 0 fully saturated rings. The molecule has 0 radical (unpaired) electrons. The van der Waals surface area contributed by atoms with Crippen molar-refractivity contribution in [2.75, 3.05) is 0 Å². The van der Waals surface area contributed by atoms with Crippen molar-refractivity contribution < 1.29 is 4.79 Å². The number of rotatable bonds is 3. The van der Waals surface area contributed by atoms with Crippen molar-refractivity contribution >= 4 is 56.3 Å². The first kappa shape index (κ1) is 13.1. The van der Waals surface area contributed by atoms with Gasteiger partial charge in [0.15, 0.2) is 5.78 Å². The Morgan fingerprint density at radius 3 is 2.59 bits per heavy atom. The van der Waals surface area contributed by atoms with Crippen LogP contribution in [-0.4, -0.2) is 5.78 Å². The standard InChI is InChI=1S/C12H7BrCl2OS/c13-9-5-7(1-3-10(9)14)11(16)6-8-2-4-12(15)17-8/h1-5H,6H2. The van der Waals surface area contributed by atoms with Crippen LogP contribution in [0.15, 0.2) is 34.8 Å². The molecule has 0 aliphatic rings. The predicted octanol–water partition coefficient (Wildman–Crippen LogP) is 5.24. The molecule has 0 amide bonds. The molecule has 1 nitrogen and oxygen atoms in total. The Kier molecular flexibility index (Phi) is 4.26. The fraction of sp³-hybridized carbons (Fsp3) is 0.0833. The maximum atomic E-state index is 12.0. The van der Waals surface area contributed by atoms with E-state index >= 15 is 0 Å². The minimum atomic E-state index is 0.0564. The smallest absolute Gasteiger partial charge is 0.168 e. The average Bonchev–Trinajstić information content (AvgIpc) is 2.68. The van der Waals surface area contributed by atoms with Crippen molar-refractivity contribution in [2.45, 2.75) is 6.42 Å². The van der Waals surface area contributed by atoms with Crippen LogP contribution < -0.4 is 0 Å². The lowest BCUT2D eigenvalue weighted by Gasteiger charge is -2.01. The Labute approximate surface area is 121 Å². The molecule has 0 bridgehead atoms. The molecule has 0 aliphatic carbocycles. The SMILES string of the molecule is O=C(Cc1ccc(Cl)s1)c1ccc(Cl)c(Br)c1. The molecule has 2 rings (SSSR count). The van der Waals surface area contributed by atoms with Crippen LogP contribution in [0.25, 0.3) is 0 Å². The summed E-state index contributed by atoms with van der Waals surface area (Å²) < 4.78 is 1.43. The third-order valence-electron chi connectivity index (χ3n) is 2.21. The van der Waals surface area contributed by atoms with Crippen molar-refractivity contribution in [3.63, 3.8) is 0 Å². The Morgan fingerprint density at radius 1 is 1.24 bits per heavy atom. The molecule has 88 valence electrons.